The minimum absolute atomic E-state index is 0.429. The van der Waals surface area contributed by atoms with E-state index < -0.39 is 156 Å². The highest BCUT2D eigenvalue weighted by Gasteiger charge is 2.55. The van der Waals surface area contributed by atoms with E-state index in [2.05, 4.69) is 5.43 Å². The largest absolute Gasteiger partial charge is 0.394 e. The Balaban J connectivity index is 1.52. The Bertz CT molecular complexity index is 1020. The first-order valence-corrected chi connectivity index (χ1v) is 15.6. The first-order valence-electron chi connectivity index (χ1n) is 15.6. The molecule has 50 heavy (non-hydrogen) atoms. The predicted octanol–water partition coefficient (Wildman–Crippen LogP) is -9.94. The van der Waals surface area contributed by atoms with E-state index in [9.17, 15) is 71.6 Å². The van der Waals surface area contributed by atoms with Crippen molar-refractivity contribution in [2.24, 2.45) is 0 Å². The molecule has 24 nitrogen and oxygen atoms in total. The highest BCUT2D eigenvalue weighted by molar-refractivity contribution is 4.98. The van der Waals surface area contributed by atoms with E-state index in [0.717, 1.165) is 0 Å². The first-order chi connectivity index (χ1) is 23.7. The second-order valence-electron chi connectivity index (χ2n) is 12.1. The molecule has 0 spiro atoms. The molecule has 20 unspecified atom stereocenters. The molecule has 294 valence electrons. The van der Waals surface area contributed by atoms with E-state index in [1.807, 2.05) is 0 Å². The van der Waals surface area contributed by atoms with Crippen molar-refractivity contribution in [1.29, 1.82) is 0 Å². The average molecular weight is 741 g/mol. The lowest BCUT2D eigenvalue weighted by molar-refractivity contribution is -0.390. The molecule has 24 heteroatoms. The normalized spacial score (nSPS) is 49.0. The summed E-state index contributed by atoms with van der Waals surface area (Å²) in [5, 5.41) is 145. The van der Waals surface area contributed by atoms with Gasteiger partial charge < -0.3 is 104 Å². The third kappa shape index (κ3) is 9.04. The van der Waals surface area contributed by atoms with Crippen molar-refractivity contribution in [2.45, 2.75) is 123 Å². The number of hydrogen-bond acceptors (Lipinski definition) is 24. The summed E-state index contributed by atoms with van der Waals surface area (Å²) in [5.74, 6) is 0. The van der Waals surface area contributed by atoms with Crippen molar-refractivity contribution >= 4 is 0 Å². The van der Waals surface area contributed by atoms with Gasteiger partial charge in [-0.1, -0.05) is 0 Å². The number of nitrogens with zero attached hydrogens (tertiary/aromatic N) is 1. The molecule has 4 saturated heterocycles. The summed E-state index contributed by atoms with van der Waals surface area (Å²) in [6.07, 6.45) is -35.8. The minimum Gasteiger partial charge on any atom is -0.394 e. The first kappa shape index (κ1) is 41.8. The van der Waals surface area contributed by atoms with Crippen LogP contribution in [0.15, 0.2) is 0 Å². The van der Waals surface area contributed by atoms with Crippen LogP contribution in [0, 0.1) is 0 Å². The third-order valence-electron chi connectivity index (χ3n) is 8.73. The lowest BCUT2D eigenvalue weighted by atomic mass is 9.95. The zero-order valence-electron chi connectivity index (χ0n) is 26.6. The molecule has 4 rings (SSSR count). The van der Waals surface area contributed by atoms with Crippen molar-refractivity contribution < 1.29 is 109 Å². The summed E-state index contributed by atoms with van der Waals surface area (Å²) < 4.78 is 43.7. The maximum atomic E-state index is 11.2. The molecule has 0 aromatic rings. The molecule has 0 aromatic carbocycles. The molecular formula is C26H48N2O22. The van der Waals surface area contributed by atoms with Gasteiger partial charge in [-0.2, -0.15) is 0 Å². The SMILES string of the molecule is CN(O)NCOC1OC(CO)C(O)C(OC2OC(CO)C(O)C(OC3OC(CO)C(O)C(OC4OC(CO)C(O)C(O)C4O)C3O)C2O)C1O. The highest BCUT2D eigenvalue weighted by atomic mass is 16.8. The van der Waals surface area contributed by atoms with Gasteiger partial charge in [0.05, 0.1) is 26.4 Å². The molecule has 0 amide bonds. The fraction of sp³-hybridized carbons (Fsp3) is 1.00. The topological polar surface area (TPSA) is 372 Å². The molecule has 0 radical (unpaired) electrons. The maximum absolute atomic E-state index is 11.2. The monoisotopic (exact) mass is 740 g/mol. The Hall–Kier alpha value is -0.960. The van der Waals surface area contributed by atoms with Crippen molar-refractivity contribution in [1.82, 2.24) is 10.6 Å². The van der Waals surface area contributed by atoms with Gasteiger partial charge in [0.1, 0.15) is 104 Å². The Kier molecular flexibility index (Phi) is 15.4. The number of nitrogens with one attached hydrogen (secondary N) is 1. The fourth-order valence-electron chi connectivity index (χ4n) is 5.86. The Morgan fingerprint density at radius 2 is 0.780 bits per heavy atom. The van der Waals surface area contributed by atoms with E-state index >= 15 is 0 Å². The van der Waals surface area contributed by atoms with Crippen LogP contribution in [-0.4, -0.2) is 240 Å². The van der Waals surface area contributed by atoms with Crippen LogP contribution in [0.1, 0.15) is 0 Å². The molecule has 0 bridgehead atoms. The fourth-order valence-corrected chi connectivity index (χ4v) is 5.86. The second-order valence-corrected chi connectivity index (χ2v) is 12.1. The molecule has 20 atom stereocenters. The Labute approximate surface area is 283 Å². The summed E-state index contributed by atoms with van der Waals surface area (Å²) in [4.78, 5) is 0. The molecule has 0 aromatic heterocycles. The van der Waals surface area contributed by atoms with Crippen LogP contribution in [0.25, 0.3) is 0 Å². The number of aliphatic hydroxyl groups excluding tert-OH is 13. The molecule has 15 N–H and O–H groups in total. The van der Waals surface area contributed by atoms with Gasteiger partial charge in [0.2, 0.25) is 0 Å². The zero-order valence-corrected chi connectivity index (χ0v) is 26.6. The van der Waals surface area contributed by atoms with Crippen molar-refractivity contribution in [3.8, 4) is 0 Å². The van der Waals surface area contributed by atoms with Gasteiger partial charge in [0.15, 0.2) is 25.2 Å². The smallest absolute Gasteiger partial charge is 0.188 e. The van der Waals surface area contributed by atoms with Gasteiger partial charge in [-0.25, -0.2) is 5.43 Å². The summed E-state index contributed by atoms with van der Waals surface area (Å²) >= 11 is 0. The van der Waals surface area contributed by atoms with Crippen LogP contribution in [0.2, 0.25) is 0 Å². The van der Waals surface area contributed by atoms with Crippen molar-refractivity contribution in [2.75, 3.05) is 40.2 Å². The minimum atomic E-state index is -2.07. The van der Waals surface area contributed by atoms with Gasteiger partial charge >= 0.3 is 0 Å². The van der Waals surface area contributed by atoms with Crippen LogP contribution in [0.3, 0.4) is 0 Å². The number of hydroxylamine groups is 1. The quantitative estimate of drug-likeness (QED) is 0.0580. The average Bonchev–Trinajstić information content (AvgIpc) is 3.09. The maximum Gasteiger partial charge on any atom is 0.188 e. The zero-order chi connectivity index (χ0) is 37.0. The summed E-state index contributed by atoms with van der Waals surface area (Å²) in [6.45, 7) is -3.86. The lowest BCUT2D eigenvalue weighted by Crippen LogP contribution is -2.68. The van der Waals surface area contributed by atoms with Crippen LogP contribution in [-0.2, 0) is 37.9 Å². The van der Waals surface area contributed by atoms with Gasteiger partial charge in [-0.15, -0.1) is 5.17 Å². The van der Waals surface area contributed by atoms with Crippen LogP contribution in [0.5, 0.6) is 0 Å². The number of ether oxygens (including phenoxy) is 8. The van der Waals surface area contributed by atoms with Crippen molar-refractivity contribution in [3.63, 3.8) is 0 Å². The summed E-state index contributed by atoms with van der Waals surface area (Å²) in [7, 11) is 1.22. The Morgan fingerprint density at radius 3 is 1.14 bits per heavy atom. The van der Waals surface area contributed by atoms with E-state index in [1.165, 1.54) is 7.05 Å². The van der Waals surface area contributed by atoms with Gasteiger partial charge in [0, 0.05) is 7.05 Å². The van der Waals surface area contributed by atoms with Crippen LogP contribution < -0.4 is 5.43 Å². The van der Waals surface area contributed by atoms with E-state index in [4.69, 9.17) is 37.9 Å². The van der Waals surface area contributed by atoms with Gasteiger partial charge in [-0.05, 0) is 0 Å². The van der Waals surface area contributed by atoms with Crippen LogP contribution in [0.4, 0.5) is 0 Å². The second kappa shape index (κ2) is 18.4. The molecule has 4 fully saturated rings. The number of aliphatic hydroxyl groups is 13. The highest BCUT2D eigenvalue weighted by Crippen LogP contribution is 2.34. The standard InChI is InChI=1S/C26H48N2O22/c1-28(42)27-6-43-23-17(39)20(12(34)8(3-30)44-23)49-25-19(41)22(14(36)10(5-32)46-25)50-26-18(40)21(13(35)9(4-31)47-26)48-24-16(38)15(37)11(33)7(2-29)45-24/h7-27,29-42H,2-6H2,1H3. The number of rotatable bonds is 14. The molecule has 4 aliphatic rings. The Morgan fingerprint density at radius 1 is 0.460 bits per heavy atom. The van der Waals surface area contributed by atoms with Crippen LogP contribution >= 0.6 is 0 Å². The molecule has 4 aliphatic heterocycles. The predicted molar refractivity (Wildman–Crippen MR) is 150 cm³/mol. The van der Waals surface area contributed by atoms with E-state index in [0.29, 0.717) is 5.17 Å². The number of hydrogen-bond donors (Lipinski definition) is 15. The molecular weight excluding hydrogens is 692 g/mol. The summed E-state index contributed by atoms with van der Waals surface area (Å²) in [5.41, 5.74) is 2.32. The van der Waals surface area contributed by atoms with E-state index in [-0.39, 0.29) is 0 Å². The molecule has 0 saturated carbocycles. The number of hydrazine groups is 1. The van der Waals surface area contributed by atoms with Gasteiger partial charge in [0.25, 0.3) is 0 Å². The third-order valence-corrected chi connectivity index (χ3v) is 8.73. The lowest BCUT2D eigenvalue weighted by Gasteiger charge is -2.49. The van der Waals surface area contributed by atoms with Crippen molar-refractivity contribution in [3.05, 3.63) is 0 Å². The van der Waals surface area contributed by atoms with E-state index in [1.54, 1.807) is 0 Å². The molecule has 0 aliphatic carbocycles. The summed E-state index contributed by atoms with van der Waals surface area (Å²) in [6, 6.07) is 0. The van der Waals surface area contributed by atoms with Gasteiger partial charge in [-0.3, -0.25) is 5.21 Å². The molecule has 4 heterocycles.